The summed E-state index contributed by atoms with van der Waals surface area (Å²) in [5.41, 5.74) is 1.75. The Morgan fingerprint density at radius 3 is 2.89 bits per heavy atom. The van der Waals surface area contributed by atoms with Gasteiger partial charge in [-0.3, -0.25) is 4.79 Å². The first-order valence-electron chi connectivity index (χ1n) is 7.16. The molecule has 2 nitrogen and oxygen atoms in total. The number of carbonyl (C=O) groups excluding carboxylic acids is 1. The van der Waals surface area contributed by atoms with Crippen LogP contribution in [0.15, 0.2) is 12.1 Å². The topological polar surface area (TPSA) is 26.3 Å². The number of hydrogen-bond donors (Lipinski definition) is 0. The molecular weight excluding hydrogens is 260 g/mol. The van der Waals surface area contributed by atoms with Gasteiger partial charge in [0.15, 0.2) is 5.78 Å². The summed E-state index contributed by atoms with van der Waals surface area (Å²) in [5, 5.41) is 0.637. The van der Waals surface area contributed by atoms with E-state index in [1.54, 1.807) is 6.07 Å². The van der Waals surface area contributed by atoms with Gasteiger partial charge in [0.2, 0.25) is 0 Å². The molecule has 19 heavy (non-hydrogen) atoms. The first-order chi connectivity index (χ1) is 9.17. The number of rotatable bonds is 6. The van der Waals surface area contributed by atoms with Crippen molar-refractivity contribution in [2.75, 3.05) is 6.61 Å². The Hall–Kier alpha value is -1.02. The van der Waals surface area contributed by atoms with E-state index in [2.05, 4.69) is 13.8 Å². The van der Waals surface area contributed by atoms with Crippen LogP contribution in [-0.4, -0.2) is 12.4 Å². The van der Waals surface area contributed by atoms with E-state index >= 15 is 0 Å². The highest BCUT2D eigenvalue weighted by atomic mass is 35.5. The van der Waals surface area contributed by atoms with Gasteiger partial charge in [0.05, 0.1) is 12.2 Å². The smallest absolute Gasteiger partial charge is 0.169 e. The molecule has 0 N–H and O–H groups in total. The number of hydrogen-bond acceptors (Lipinski definition) is 2. The first kappa shape index (κ1) is 14.4. The summed E-state index contributed by atoms with van der Waals surface area (Å²) < 4.78 is 5.63. The van der Waals surface area contributed by atoms with Crippen molar-refractivity contribution >= 4 is 17.4 Å². The van der Waals surface area contributed by atoms with Crippen LogP contribution in [0.1, 0.15) is 55.5 Å². The average Bonchev–Trinajstić information content (AvgIpc) is 2.86. The van der Waals surface area contributed by atoms with Crippen LogP contribution in [0.5, 0.6) is 5.75 Å². The molecule has 2 rings (SSSR count). The third-order valence-corrected chi connectivity index (χ3v) is 4.00. The standard InChI is InChI=1S/C16H21ClO2/c1-3-5-6-11(4-2)15(18)14-10-13(17)9-12-7-8-19-16(12)14/h9-11H,3-8H2,1-2H3. The minimum Gasteiger partial charge on any atom is -0.492 e. The Balaban J connectivity index is 2.27. The van der Waals surface area contributed by atoms with E-state index in [1.807, 2.05) is 6.07 Å². The van der Waals surface area contributed by atoms with Crippen LogP contribution in [0.4, 0.5) is 0 Å². The van der Waals surface area contributed by atoms with Gasteiger partial charge < -0.3 is 4.74 Å². The molecule has 104 valence electrons. The quantitative estimate of drug-likeness (QED) is 0.708. The number of ether oxygens (including phenoxy) is 1. The van der Waals surface area contributed by atoms with Crippen molar-refractivity contribution in [2.45, 2.75) is 46.0 Å². The van der Waals surface area contributed by atoms with E-state index in [1.165, 1.54) is 0 Å². The van der Waals surface area contributed by atoms with Crippen molar-refractivity contribution in [3.63, 3.8) is 0 Å². The van der Waals surface area contributed by atoms with Gasteiger partial charge in [0.25, 0.3) is 0 Å². The molecule has 0 fully saturated rings. The summed E-state index contributed by atoms with van der Waals surface area (Å²) >= 11 is 6.12. The van der Waals surface area contributed by atoms with E-state index < -0.39 is 0 Å². The molecule has 0 amide bonds. The van der Waals surface area contributed by atoms with Gasteiger partial charge in [0, 0.05) is 17.4 Å². The molecule has 1 atom stereocenters. The summed E-state index contributed by atoms with van der Waals surface area (Å²) in [7, 11) is 0. The summed E-state index contributed by atoms with van der Waals surface area (Å²) in [6.45, 7) is 4.88. The summed E-state index contributed by atoms with van der Waals surface area (Å²) in [5.74, 6) is 1.05. The van der Waals surface area contributed by atoms with Crippen LogP contribution >= 0.6 is 11.6 Å². The molecule has 1 heterocycles. The van der Waals surface area contributed by atoms with Crippen molar-refractivity contribution in [3.8, 4) is 5.75 Å². The lowest BCUT2D eigenvalue weighted by atomic mass is 9.89. The molecule has 0 aliphatic carbocycles. The van der Waals surface area contributed by atoms with Crippen molar-refractivity contribution < 1.29 is 9.53 Å². The molecule has 0 saturated heterocycles. The van der Waals surface area contributed by atoms with E-state index in [-0.39, 0.29) is 11.7 Å². The van der Waals surface area contributed by atoms with E-state index in [9.17, 15) is 4.79 Å². The molecule has 0 aromatic heterocycles. The average molecular weight is 281 g/mol. The largest absolute Gasteiger partial charge is 0.492 e. The van der Waals surface area contributed by atoms with E-state index in [0.717, 1.165) is 43.4 Å². The van der Waals surface area contributed by atoms with Crippen molar-refractivity contribution in [1.82, 2.24) is 0 Å². The van der Waals surface area contributed by atoms with Crippen LogP contribution in [0.3, 0.4) is 0 Å². The second-order valence-electron chi connectivity index (χ2n) is 5.15. The van der Waals surface area contributed by atoms with Gasteiger partial charge in [-0.15, -0.1) is 0 Å². The van der Waals surface area contributed by atoms with Crippen LogP contribution in [-0.2, 0) is 6.42 Å². The van der Waals surface area contributed by atoms with Gasteiger partial charge in [-0.05, 0) is 30.5 Å². The highest BCUT2D eigenvalue weighted by Crippen LogP contribution is 2.35. The Morgan fingerprint density at radius 2 is 2.21 bits per heavy atom. The van der Waals surface area contributed by atoms with Crippen molar-refractivity contribution in [2.24, 2.45) is 5.92 Å². The summed E-state index contributed by atoms with van der Waals surface area (Å²) in [6, 6.07) is 3.68. The molecule has 0 spiro atoms. The van der Waals surface area contributed by atoms with Gasteiger partial charge >= 0.3 is 0 Å². The van der Waals surface area contributed by atoms with Crippen LogP contribution < -0.4 is 4.74 Å². The fraction of sp³-hybridized carbons (Fsp3) is 0.562. The summed E-state index contributed by atoms with van der Waals surface area (Å²) in [4.78, 5) is 12.7. The Morgan fingerprint density at radius 1 is 1.42 bits per heavy atom. The molecular formula is C16H21ClO2. The third-order valence-electron chi connectivity index (χ3n) is 3.78. The zero-order valence-electron chi connectivity index (χ0n) is 11.7. The van der Waals surface area contributed by atoms with E-state index in [0.29, 0.717) is 17.2 Å². The number of benzene rings is 1. The number of carbonyl (C=O) groups is 1. The maximum atomic E-state index is 12.7. The normalized spacial score (nSPS) is 14.9. The molecule has 1 aliphatic rings. The Labute approximate surface area is 120 Å². The Bertz CT molecular complexity index is 468. The Kier molecular flexibility index (Phi) is 4.87. The van der Waals surface area contributed by atoms with Crippen molar-refractivity contribution in [1.29, 1.82) is 0 Å². The maximum Gasteiger partial charge on any atom is 0.169 e. The number of unbranched alkanes of at least 4 members (excludes halogenated alkanes) is 1. The zero-order valence-corrected chi connectivity index (χ0v) is 12.4. The minimum absolute atomic E-state index is 0.0896. The first-order valence-corrected chi connectivity index (χ1v) is 7.54. The molecule has 0 bridgehead atoms. The predicted octanol–water partition coefficient (Wildman–Crippen LogP) is 4.67. The fourth-order valence-corrected chi connectivity index (χ4v) is 2.88. The lowest BCUT2D eigenvalue weighted by Crippen LogP contribution is -2.15. The highest BCUT2D eigenvalue weighted by molar-refractivity contribution is 6.31. The van der Waals surface area contributed by atoms with Gasteiger partial charge in [-0.2, -0.15) is 0 Å². The molecule has 0 saturated carbocycles. The number of fused-ring (bicyclic) bond motifs is 1. The minimum atomic E-state index is 0.0896. The SMILES string of the molecule is CCCCC(CC)C(=O)c1cc(Cl)cc2c1OCC2. The molecule has 1 aliphatic heterocycles. The second kappa shape index (κ2) is 6.42. The lowest BCUT2D eigenvalue weighted by molar-refractivity contribution is 0.0905. The zero-order chi connectivity index (χ0) is 13.8. The van der Waals surface area contributed by atoms with Crippen molar-refractivity contribution in [3.05, 3.63) is 28.3 Å². The molecule has 1 aromatic carbocycles. The van der Waals surface area contributed by atoms with Crippen LogP contribution in [0.2, 0.25) is 5.02 Å². The molecule has 1 unspecified atom stereocenters. The van der Waals surface area contributed by atoms with Gasteiger partial charge in [0.1, 0.15) is 5.75 Å². The van der Waals surface area contributed by atoms with E-state index in [4.69, 9.17) is 16.3 Å². The highest BCUT2D eigenvalue weighted by Gasteiger charge is 2.26. The monoisotopic (exact) mass is 280 g/mol. The maximum absolute atomic E-state index is 12.7. The predicted molar refractivity (Wildman–Crippen MR) is 78.3 cm³/mol. The molecule has 3 heteroatoms. The number of Topliss-reactive ketones (excluding diaryl/α,β-unsaturated/α-hetero) is 1. The molecule has 0 radical (unpaired) electrons. The van der Waals surface area contributed by atoms with Gasteiger partial charge in [-0.25, -0.2) is 0 Å². The fourth-order valence-electron chi connectivity index (χ4n) is 2.64. The lowest BCUT2D eigenvalue weighted by Gasteiger charge is -2.15. The van der Waals surface area contributed by atoms with Crippen LogP contribution in [0.25, 0.3) is 0 Å². The third kappa shape index (κ3) is 3.11. The molecule has 1 aromatic rings. The summed E-state index contributed by atoms with van der Waals surface area (Å²) in [6.07, 6.45) is 4.89. The number of halogens is 1. The van der Waals surface area contributed by atoms with Crippen LogP contribution in [0, 0.1) is 5.92 Å². The second-order valence-corrected chi connectivity index (χ2v) is 5.59. The van der Waals surface area contributed by atoms with Gasteiger partial charge in [-0.1, -0.05) is 38.3 Å². The number of ketones is 1.